The second kappa shape index (κ2) is 4.56. The lowest BCUT2D eigenvalue weighted by atomic mass is 9.95. The highest BCUT2D eigenvalue weighted by atomic mass is 16.5. The van der Waals surface area contributed by atoms with Crippen molar-refractivity contribution in [1.82, 2.24) is 10.2 Å². The maximum atomic E-state index is 11.9. The van der Waals surface area contributed by atoms with Gasteiger partial charge in [-0.05, 0) is 13.3 Å². The quantitative estimate of drug-likeness (QED) is 0.670. The van der Waals surface area contributed by atoms with Gasteiger partial charge in [-0.15, -0.1) is 0 Å². The monoisotopic (exact) mass is 256 g/mol. The van der Waals surface area contributed by atoms with Crippen molar-refractivity contribution in [2.24, 2.45) is 0 Å². The summed E-state index contributed by atoms with van der Waals surface area (Å²) in [5.74, 6) is -1.24. The zero-order chi connectivity index (χ0) is 13.3. The average Bonchev–Trinajstić information content (AvgIpc) is 2.68. The van der Waals surface area contributed by atoms with Crippen LogP contribution < -0.4 is 5.32 Å². The minimum absolute atomic E-state index is 0.0984. The molecule has 1 atom stereocenters. The number of likely N-dealkylation sites (tertiary alicyclic amines) is 1. The summed E-state index contributed by atoms with van der Waals surface area (Å²) in [7, 11) is 0. The van der Waals surface area contributed by atoms with E-state index in [2.05, 4.69) is 5.32 Å². The van der Waals surface area contributed by atoms with E-state index in [4.69, 9.17) is 9.84 Å². The Hall–Kier alpha value is -1.63. The van der Waals surface area contributed by atoms with Gasteiger partial charge in [-0.2, -0.15) is 0 Å². The smallest absolute Gasteiger partial charge is 0.329 e. The third-order valence-electron chi connectivity index (χ3n) is 3.20. The normalized spacial score (nSPS) is 25.5. The van der Waals surface area contributed by atoms with Crippen LogP contribution in [-0.4, -0.2) is 59.1 Å². The van der Waals surface area contributed by atoms with E-state index in [9.17, 15) is 14.4 Å². The highest BCUT2D eigenvalue weighted by Crippen LogP contribution is 2.26. The molecule has 2 saturated heterocycles. The van der Waals surface area contributed by atoms with Crippen LogP contribution in [0.25, 0.3) is 0 Å². The molecule has 2 amide bonds. The summed E-state index contributed by atoms with van der Waals surface area (Å²) >= 11 is 0. The number of ether oxygens (including phenoxy) is 1. The van der Waals surface area contributed by atoms with E-state index in [0.717, 1.165) is 0 Å². The highest BCUT2D eigenvalue weighted by Gasteiger charge is 2.45. The number of carbonyl (C=O) groups excluding carboxylic acids is 2. The van der Waals surface area contributed by atoms with Crippen LogP contribution in [0.1, 0.15) is 19.8 Å². The summed E-state index contributed by atoms with van der Waals surface area (Å²) < 4.78 is 5.21. The Bertz CT molecular complexity index is 389. The predicted molar refractivity (Wildman–Crippen MR) is 59.7 cm³/mol. The number of carbonyl (C=O) groups is 3. The Morgan fingerprint density at radius 2 is 2.22 bits per heavy atom. The number of hydrogen-bond donors (Lipinski definition) is 2. The first-order valence-corrected chi connectivity index (χ1v) is 5.83. The van der Waals surface area contributed by atoms with Gasteiger partial charge in [-0.3, -0.25) is 9.59 Å². The number of carboxylic acid groups (broad SMARTS) is 1. The van der Waals surface area contributed by atoms with Crippen molar-refractivity contribution in [3.05, 3.63) is 0 Å². The van der Waals surface area contributed by atoms with Gasteiger partial charge in [-0.1, -0.05) is 0 Å². The van der Waals surface area contributed by atoms with Crippen LogP contribution in [0, 0.1) is 0 Å². The van der Waals surface area contributed by atoms with Gasteiger partial charge in [0, 0.05) is 6.42 Å². The molecule has 0 spiro atoms. The van der Waals surface area contributed by atoms with Gasteiger partial charge < -0.3 is 20.1 Å². The molecule has 0 saturated carbocycles. The highest BCUT2D eigenvalue weighted by molar-refractivity contribution is 5.91. The SMILES string of the molecule is CC1(OCC(=O)O)CN(C(=O)[C@H]2CCC(=O)N2)C1. The molecule has 0 aliphatic carbocycles. The minimum atomic E-state index is -1.02. The molecule has 0 radical (unpaired) electrons. The van der Waals surface area contributed by atoms with Gasteiger partial charge in [-0.25, -0.2) is 4.79 Å². The third kappa shape index (κ3) is 2.61. The molecular formula is C11H16N2O5. The molecule has 100 valence electrons. The van der Waals surface area contributed by atoms with E-state index in [0.29, 0.717) is 25.9 Å². The minimum Gasteiger partial charge on any atom is -0.480 e. The maximum Gasteiger partial charge on any atom is 0.329 e. The second-order valence-electron chi connectivity index (χ2n) is 4.99. The summed E-state index contributed by atoms with van der Waals surface area (Å²) in [6.07, 6.45) is 0.915. The Balaban J connectivity index is 1.79. The van der Waals surface area contributed by atoms with Crippen molar-refractivity contribution in [2.45, 2.75) is 31.4 Å². The first kappa shape index (κ1) is 12.8. The van der Waals surface area contributed by atoms with E-state index in [-0.39, 0.29) is 18.4 Å². The van der Waals surface area contributed by atoms with Gasteiger partial charge >= 0.3 is 5.97 Å². The van der Waals surface area contributed by atoms with Crippen LogP contribution in [0.3, 0.4) is 0 Å². The van der Waals surface area contributed by atoms with Gasteiger partial charge in [0.2, 0.25) is 11.8 Å². The Morgan fingerprint density at radius 1 is 1.56 bits per heavy atom. The van der Waals surface area contributed by atoms with Crippen molar-refractivity contribution in [2.75, 3.05) is 19.7 Å². The summed E-state index contributed by atoms with van der Waals surface area (Å²) in [4.78, 5) is 34.9. The Morgan fingerprint density at radius 3 is 2.72 bits per heavy atom. The summed E-state index contributed by atoms with van der Waals surface area (Å²) in [5.41, 5.74) is -0.587. The van der Waals surface area contributed by atoms with Gasteiger partial charge in [0.05, 0.1) is 13.1 Å². The molecular weight excluding hydrogens is 240 g/mol. The number of carboxylic acids is 1. The van der Waals surface area contributed by atoms with Crippen molar-refractivity contribution >= 4 is 17.8 Å². The lowest BCUT2D eigenvalue weighted by molar-refractivity contribution is -0.174. The number of rotatable bonds is 4. The first-order valence-electron chi connectivity index (χ1n) is 5.83. The van der Waals surface area contributed by atoms with Gasteiger partial charge in [0.1, 0.15) is 18.2 Å². The molecule has 0 unspecified atom stereocenters. The lowest BCUT2D eigenvalue weighted by Crippen LogP contribution is -2.65. The molecule has 7 heteroatoms. The number of nitrogens with one attached hydrogen (secondary N) is 1. The van der Waals surface area contributed by atoms with Crippen LogP contribution in [0.2, 0.25) is 0 Å². The number of aliphatic carboxylic acids is 1. The van der Waals surface area contributed by atoms with E-state index in [1.165, 1.54) is 0 Å². The fourth-order valence-corrected chi connectivity index (χ4v) is 2.26. The molecule has 2 heterocycles. The van der Waals surface area contributed by atoms with Crippen LogP contribution >= 0.6 is 0 Å². The Kier molecular flexibility index (Phi) is 3.25. The molecule has 7 nitrogen and oxygen atoms in total. The lowest BCUT2D eigenvalue weighted by Gasteiger charge is -2.47. The zero-order valence-electron chi connectivity index (χ0n) is 10.1. The fraction of sp³-hybridized carbons (Fsp3) is 0.727. The van der Waals surface area contributed by atoms with Crippen LogP contribution in [-0.2, 0) is 19.1 Å². The zero-order valence-corrected chi connectivity index (χ0v) is 10.1. The van der Waals surface area contributed by atoms with Crippen molar-refractivity contribution in [3.8, 4) is 0 Å². The number of hydrogen-bond acceptors (Lipinski definition) is 4. The topological polar surface area (TPSA) is 95.9 Å². The molecule has 18 heavy (non-hydrogen) atoms. The van der Waals surface area contributed by atoms with Crippen molar-refractivity contribution in [3.63, 3.8) is 0 Å². The fourth-order valence-electron chi connectivity index (χ4n) is 2.26. The first-order chi connectivity index (χ1) is 8.39. The maximum absolute atomic E-state index is 11.9. The molecule has 2 fully saturated rings. The van der Waals surface area contributed by atoms with Crippen LogP contribution in [0.4, 0.5) is 0 Å². The van der Waals surface area contributed by atoms with Crippen LogP contribution in [0.15, 0.2) is 0 Å². The average molecular weight is 256 g/mol. The van der Waals surface area contributed by atoms with E-state index in [1.807, 2.05) is 0 Å². The molecule has 0 aromatic rings. The molecule has 2 rings (SSSR count). The van der Waals surface area contributed by atoms with E-state index >= 15 is 0 Å². The predicted octanol–water partition coefficient (Wildman–Crippen LogP) is -1.03. The molecule has 2 N–H and O–H groups in total. The van der Waals surface area contributed by atoms with Crippen molar-refractivity contribution < 1.29 is 24.2 Å². The molecule has 0 aromatic heterocycles. The third-order valence-corrected chi connectivity index (χ3v) is 3.20. The molecule has 2 aliphatic heterocycles. The van der Waals surface area contributed by atoms with E-state index in [1.54, 1.807) is 11.8 Å². The largest absolute Gasteiger partial charge is 0.480 e. The second-order valence-corrected chi connectivity index (χ2v) is 4.99. The van der Waals surface area contributed by atoms with Gasteiger partial charge in [0.25, 0.3) is 0 Å². The van der Waals surface area contributed by atoms with Gasteiger partial charge in [0.15, 0.2) is 0 Å². The standard InChI is InChI=1S/C11H16N2O5/c1-11(18-4-9(15)16)5-13(6-11)10(17)7-2-3-8(14)12-7/h7H,2-6H2,1H3,(H,12,14)(H,15,16)/t7-/m1/s1. The van der Waals surface area contributed by atoms with Crippen LogP contribution in [0.5, 0.6) is 0 Å². The molecule has 0 aromatic carbocycles. The number of amides is 2. The number of nitrogens with zero attached hydrogens (tertiary/aromatic N) is 1. The Labute approximate surface area is 104 Å². The summed E-state index contributed by atoms with van der Waals surface area (Å²) in [6.45, 7) is 2.14. The van der Waals surface area contributed by atoms with E-state index < -0.39 is 17.6 Å². The van der Waals surface area contributed by atoms with Crippen molar-refractivity contribution in [1.29, 1.82) is 0 Å². The molecule has 0 bridgehead atoms. The summed E-state index contributed by atoms with van der Waals surface area (Å²) in [5, 5.41) is 11.1. The molecule has 2 aliphatic rings. The summed E-state index contributed by atoms with van der Waals surface area (Å²) in [6, 6.07) is -0.429.